The first kappa shape index (κ1) is 10.6. The fourth-order valence-corrected chi connectivity index (χ4v) is 2.19. The molecule has 86 valence electrons. The Hall–Kier alpha value is -1.58. The van der Waals surface area contributed by atoms with Crippen molar-refractivity contribution in [3.8, 4) is 0 Å². The van der Waals surface area contributed by atoms with Gasteiger partial charge in [-0.15, -0.1) is 0 Å². The van der Waals surface area contributed by atoms with Crippen molar-refractivity contribution in [1.29, 1.82) is 0 Å². The molecule has 0 spiro atoms. The van der Waals surface area contributed by atoms with Crippen molar-refractivity contribution in [3.05, 3.63) is 59.0 Å². The molecule has 0 aliphatic carbocycles. The number of rotatable bonds is 1. The Morgan fingerprint density at radius 2 is 2.06 bits per heavy atom. The number of fused-ring (bicyclic) bond motifs is 1. The van der Waals surface area contributed by atoms with E-state index in [2.05, 4.69) is 23.4 Å². The van der Waals surface area contributed by atoms with Crippen LogP contribution in [0.25, 0.3) is 0 Å². The summed E-state index contributed by atoms with van der Waals surface area (Å²) in [5, 5.41) is 2.45. The highest BCUT2D eigenvalue weighted by atomic mass is 35.5. The van der Waals surface area contributed by atoms with Crippen LogP contribution in [0.15, 0.2) is 58.5 Å². The molecule has 17 heavy (non-hydrogen) atoms. The molecule has 1 aromatic rings. The van der Waals surface area contributed by atoms with Gasteiger partial charge in [-0.1, -0.05) is 41.9 Å². The van der Waals surface area contributed by atoms with Crippen molar-refractivity contribution in [1.82, 2.24) is 10.4 Å². The van der Waals surface area contributed by atoms with Crippen molar-refractivity contribution < 1.29 is 0 Å². The predicted molar refractivity (Wildman–Crippen MR) is 69.4 cm³/mol. The van der Waals surface area contributed by atoms with E-state index in [1.165, 1.54) is 0 Å². The quantitative estimate of drug-likeness (QED) is 0.771. The highest BCUT2D eigenvalue weighted by Gasteiger charge is 2.25. The molecule has 0 saturated carbocycles. The van der Waals surface area contributed by atoms with E-state index in [0.717, 1.165) is 17.1 Å². The molecule has 2 heterocycles. The predicted octanol–water partition coefficient (Wildman–Crippen LogP) is 2.62. The van der Waals surface area contributed by atoms with Gasteiger partial charge in [-0.25, -0.2) is 15.4 Å². The van der Waals surface area contributed by atoms with Crippen LogP contribution in [0.3, 0.4) is 0 Å². The van der Waals surface area contributed by atoms with Gasteiger partial charge < -0.3 is 0 Å². The fourth-order valence-electron chi connectivity index (χ4n) is 1.95. The highest BCUT2D eigenvalue weighted by molar-refractivity contribution is 6.32. The summed E-state index contributed by atoms with van der Waals surface area (Å²) in [5.41, 5.74) is 5.18. The van der Waals surface area contributed by atoms with Gasteiger partial charge in [0.2, 0.25) is 0 Å². The number of hydrogen-bond donors (Lipinski definition) is 1. The normalized spacial score (nSPS) is 22.8. The Bertz CT molecular complexity index is 531. The van der Waals surface area contributed by atoms with E-state index < -0.39 is 0 Å². The van der Waals surface area contributed by atoms with Crippen LogP contribution < -0.4 is 5.43 Å². The monoisotopic (exact) mass is 245 g/mol. The number of halogens is 1. The second-order valence-corrected chi connectivity index (χ2v) is 4.50. The summed E-state index contributed by atoms with van der Waals surface area (Å²) in [6, 6.07) is 10.3. The van der Waals surface area contributed by atoms with Gasteiger partial charge >= 0.3 is 0 Å². The smallest absolute Gasteiger partial charge is 0.146 e. The summed E-state index contributed by atoms with van der Waals surface area (Å²) in [5.74, 6) is 0.865. The van der Waals surface area contributed by atoms with E-state index in [1.54, 1.807) is 5.01 Å². The van der Waals surface area contributed by atoms with Gasteiger partial charge in [-0.3, -0.25) is 0 Å². The first-order valence-corrected chi connectivity index (χ1v) is 5.91. The SMILES string of the molecule is CC1C=C2N=C(c3ccccc3)C=C(Cl)N2N1. The molecular weight excluding hydrogens is 234 g/mol. The Kier molecular flexibility index (Phi) is 2.50. The van der Waals surface area contributed by atoms with Crippen LogP contribution in [0.5, 0.6) is 0 Å². The van der Waals surface area contributed by atoms with E-state index in [9.17, 15) is 0 Å². The van der Waals surface area contributed by atoms with Crippen LogP contribution in [0.4, 0.5) is 0 Å². The van der Waals surface area contributed by atoms with Gasteiger partial charge in [0.05, 0.1) is 5.71 Å². The molecular formula is C13H12ClN3. The van der Waals surface area contributed by atoms with Gasteiger partial charge in [0.1, 0.15) is 11.0 Å². The molecule has 0 bridgehead atoms. The van der Waals surface area contributed by atoms with E-state index in [-0.39, 0.29) is 6.04 Å². The van der Waals surface area contributed by atoms with E-state index >= 15 is 0 Å². The molecule has 0 radical (unpaired) electrons. The lowest BCUT2D eigenvalue weighted by atomic mass is 10.1. The third-order valence-electron chi connectivity index (χ3n) is 2.73. The topological polar surface area (TPSA) is 27.6 Å². The van der Waals surface area contributed by atoms with E-state index in [0.29, 0.717) is 5.16 Å². The molecule has 1 N–H and O–H groups in total. The zero-order valence-electron chi connectivity index (χ0n) is 9.39. The average molecular weight is 246 g/mol. The maximum absolute atomic E-state index is 6.23. The molecule has 0 fully saturated rings. The Morgan fingerprint density at radius 1 is 1.29 bits per heavy atom. The molecule has 3 rings (SSSR count). The Labute approximate surface area is 105 Å². The summed E-state index contributed by atoms with van der Waals surface area (Å²) in [6.45, 7) is 2.06. The maximum Gasteiger partial charge on any atom is 0.146 e. The fraction of sp³-hybridized carbons (Fsp3) is 0.154. The maximum atomic E-state index is 6.23. The van der Waals surface area contributed by atoms with Gasteiger partial charge in [-0.2, -0.15) is 0 Å². The Balaban J connectivity index is 2.03. The number of nitrogens with one attached hydrogen (secondary N) is 1. The third-order valence-corrected chi connectivity index (χ3v) is 3.01. The summed E-state index contributed by atoms with van der Waals surface area (Å²) in [7, 11) is 0. The van der Waals surface area contributed by atoms with Crippen molar-refractivity contribution in [3.63, 3.8) is 0 Å². The minimum absolute atomic E-state index is 0.256. The molecule has 1 unspecified atom stereocenters. The van der Waals surface area contributed by atoms with Crippen molar-refractivity contribution >= 4 is 17.3 Å². The lowest BCUT2D eigenvalue weighted by Gasteiger charge is -2.23. The lowest BCUT2D eigenvalue weighted by molar-refractivity contribution is 0.339. The largest absolute Gasteiger partial charge is 0.248 e. The molecule has 1 aromatic carbocycles. The van der Waals surface area contributed by atoms with Gasteiger partial charge in [-0.05, 0) is 13.0 Å². The van der Waals surface area contributed by atoms with Crippen molar-refractivity contribution in [2.24, 2.45) is 4.99 Å². The van der Waals surface area contributed by atoms with Crippen LogP contribution in [0.2, 0.25) is 0 Å². The molecule has 0 saturated heterocycles. The second kappa shape index (κ2) is 4.02. The minimum atomic E-state index is 0.256. The number of aliphatic imine (C=N–C) groups is 1. The third kappa shape index (κ3) is 1.88. The van der Waals surface area contributed by atoms with Crippen LogP contribution in [-0.4, -0.2) is 16.8 Å². The molecule has 2 aliphatic rings. The molecule has 4 heteroatoms. The molecule has 2 aliphatic heterocycles. The summed E-state index contributed by atoms with van der Waals surface area (Å²) >= 11 is 6.23. The van der Waals surface area contributed by atoms with E-state index in [4.69, 9.17) is 11.6 Å². The first-order chi connectivity index (χ1) is 8.24. The van der Waals surface area contributed by atoms with Crippen LogP contribution in [0, 0.1) is 0 Å². The molecule has 3 nitrogen and oxygen atoms in total. The van der Waals surface area contributed by atoms with E-state index in [1.807, 2.05) is 36.4 Å². The van der Waals surface area contributed by atoms with Crippen molar-refractivity contribution in [2.45, 2.75) is 13.0 Å². The highest BCUT2D eigenvalue weighted by Crippen LogP contribution is 2.26. The lowest BCUT2D eigenvalue weighted by Crippen LogP contribution is -2.35. The number of allylic oxidation sites excluding steroid dienone is 1. The standard InChI is InChI=1S/C13H12ClN3/c1-9-7-13-15-11(8-12(14)17(13)16-9)10-5-3-2-4-6-10/h2-9,16H,1H3. The minimum Gasteiger partial charge on any atom is -0.248 e. The summed E-state index contributed by atoms with van der Waals surface area (Å²) < 4.78 is 0. The molecule has 0 aromatic heterocycles. The summed E-state index contributed by atoms with van der Waals surface area (Å²) in [6.07, 6.45) is 3.93. The number of benzene rings is 1. The Morgan fingerprint density at radius 3 is 2.82 bits per heavy atom. The molecule has 1 atom stereocenters. The van der Waals surface area contributed by atoms with Crippen LogP contribution >= 0.6 is 11.6 Å². The number of hydrogen-bond acceptors (Lipinski definition) is 3. The van der Waals surface area contributed by atoms with Gasteiger partial charge in [0.25, 0.3) is 0 Å². The number of nitrogens with zero attached hydrogens (tertiary/aromatic N) is 2. The zero-order valence-corrected chi connectivity index (χ0v) is 10.1. The first-order valence-electron chi connectivity index (χ1n) is 5.53. The average Bonchev–Trinajstić information content (AvgIpc) is 2.71. The number of hydrazine groups is 1. The second-order valence-electron chi connectivity index (χ2n) is 4.11. The van der Waals surface area contributed by atoms with Crippen LogP contribution in [0.1, 0.15) is 12.5 Å². The van der Waals surface area contributed by atoms with Crippen LogP contribution in [-0.2, 0) is 0 Å². The summed E-state index contributed by atoms with van der Waals surface area (Å²) in [4.78, 5) is 4.60. The zero-order chi connectivity index (χ0) is 11.8. The van der Waals surface area contributed by atoms with Gasteiger partial charge in [0.15, 0.2) is 0 Å². The molecule has 0 amide bonds. The van der Waals surface area contributed by atoms with Crippen molar-refractivity contribution in [2.75, 3.05) is 0 Å². The van der Waals surface area contributed by atoms with Gasteiger partial charge in [0, 0.05) is 17.7 Å².